The van der Waals surface area contributed by atoms with Crippen LogP contribution in [-0.2, 0) is 9.59 Å². The van der Waals surface area contributed by atoms with E-state index in [2.05, 4.69) is 5.11 Å². The van der Waals surface area contributed by atoms with Gasteiger partial charge in [0.2, 0.25) is 0 Å². The van der Waals surface area contributed by atoms with Crippen LogP contribution in [0.3, 0.4) is 0 Å². The third-order valence-electron chi connectivity index (χ3n) is 1.16. The molecular formula is C6H11NO4. The summed E-state index contributed by atoms with van der Waals surface area (Å²) < 4.78 is 6.19. The largest absolute Gasteiger partial charge is 0.481 e. The first-order chi connectivity index (χ1) is 5.56. The normalized spacial score (nSPS) is 13.4. The Kier molecular flexibility index (Phi) is 3.40. The van der Waals surface area contributed by atoms with Crippen LogP contribution in [0.4, 0.5) is 0 Å². The van der Waals surface area contributed by atoms with Crippen LogP contribution in [0.2, 0.25) is 0 Å². The van der Waals surface area contributed by atoms with Crippen LogP contribution in [0, 0.1) is 0 Å². The summed E-state index contributed by atoms with van der Waals surface area (Å²) in [7, 11) is 0. The average Bonchev–Trinajstić information content (AvgIpc) is 1.99. The Morgan fingerprint density at radius 3 is 2.64 bits per heavy atom. The molecule has 64 valence electrons. The number of carboxylic acid groups (broad SMARTS) is 2. The molecule has 0 fully saturated rings. The first kappa shape index (κ1) is 8.00. The minimum absolute atomic E-state index is 0.0159. The standard InChI is InChI=1S/C6H11NO4/c7-4(3-6(10)11)1-2-5(8)9/h4H,1-3,7H2,(H,8,9)(H,10,11)/t4-/m0/s1/i/hD. The number of hydrogen-bond donors (Lipinski definition) is 3. The van der Waals surface area contributed by atoms with Gasteiger partial charge in [-0.15, -0.1) is 0 Å². The van der Waals surface area contributed by atoms with Gasteiger partial charge in [-0.25, -0.2) is 0 Å². The molecule has 0 heterocycles. The number of hydrogen-bond acceptors (Lipinski definition) is 4. The number of carboxylic acids is 2. The maximum atomic E-state index is 10.4. The van der Waals surface area contributed by atoms with Crippen LogP contribution in [0.5, 0.6) is 0 Å². The summed E-state index contributed by atoms with van der Waals surface area (Å²) in [5.74, 6) is -1.70. The Morgan fingerprint density at radius 1 is 1.55 bits per heavy atom. The predicted octanol–water partition coefficient (Wildman–Crippen LogP) is -0.347. The number of rotatable bonds is 5. The zero-order chi connectivity index (χ0) is 9.56. The van der Waals surface area contributed by atoms with E-state index in [1.165, 1.54) is 0 Å². The number of nitrogens with two attached hydrogens (primary N) is 1. The van der Waals surface area contributed by atoms with Gasteiger partial charge in [0, 0.05) is 12.5 Å². The van der Waals surface area contributed by atoms with E-state index in [4.69, 9.17) is 12.3 Å². The molecular weight excluding hydrogens is 150 g/mol. The first-order valence-corrected chi connectivity index (χ1v) is 3.19. The molecule has 1 atom stereocenters. The molecule has 5 nitrogen and oxygen atoms in total. The van der Waals surface area contributed by atoms with Crippen molar-refractivity contribution in [1.82, 2.24) is 0 Å². The Labute approximate surface area is 65.3 Å². The minimum Gasteiger partial charge on any atom is -0.481 e. The summed E-state index contributed by atoms with van der Waals surface area (Å²) in [6, 6.07) is -0.554. The Bertz CT molecular complexity index is 173. The lowest BCUT2D eigenvalue weighted by atomic mass is 10.1. The molecule has 0 unspecified atom stereocenters. The fraction of sp³-hybridized carbons (Fsp3) is 0.667. The van der Waals surface area contributed by atoms with Gasteiger partial charge in [0.25, 0.3) is 1.43 Å². The molecule has 0 aromatic carbocycles. The van der Waals surface area contributed by atoms with E-state index < -0.39 is 18.0 Å². The monoisotopic (exact) mass is 162 g/mol. The van der Waals surface area contributed by atoms with E-state index in [0.717, 1.165) is 0 Å². The van der Waals surface area contributed by atoms with Crippen molar-refractivity contribution in [2.45, 2.75) is 25.3 Å². The maximum absolute atomic E-state index is 10.4. The van der Waals surface area contributed by atoms with Gasteiger partial charge in [0.15, 0.2) is 0 Å². The van der Waals surface area contributed by atoms with Gasteiger partial charge in [-0.2, -0.15) is 0 Å². The highest BCUT2D eigenvalue weighted by molar-refractivity contribution is 5.68. The highest BCUT2D eigenvalue weighted by atomic mass is 16.4. The van der Waals surface area contributed by atoms with Crippen LogP contribution in [0.15, 0.2) is 0 Å². The fourth-order valence-corrected chi connectivity index (χ4v) is 0.630. The van der Waals surface area contributed by atoms with Crippen molar-refractivity contribution in [3.8, 4) is 0 Å². The lowest BCUT2D eigenvalue weighted by molar-refractivity contribution is -0.139. The SMILES string of the molecule is [2H]OC(=O)CC[C@H](N)CC(=O)O. The zero-order valence-electron chi connectivity index (χ0n) is 6.95. The molecule has 0 rings (SSSR count). The predicted molar refractivity (Wildman–Crippen MR) is 37.1 cm³/mol. The van der Waals surface area contributed by atoms with Gasteiger partial charge in [0.1, 0.15) is 0 Å². The molecule has 0 aromatic heterocycles. The first-order valence-electron chi connectivity index (χ1n) is 3.60. The minimum atomic E-state index is -0.998. The molecule has 0 amide bonds. The number of aliphatic carboxylic acids is 2. The third kappa shape index (κ3) is 6.79. The van der Waals surface area contributed by atoms with E-state index in [9.17, 15) is 9.59 Å². The molecule has 5 heteroatoms. The van der Waals surface area contributed by atoms with Crippen molar-refractivity contribution in [2.75, 3.05) is 0 Å². The molecule has 0 saturated heterocycles. The van der Waals surface area contributed by atoms with Gasteiger partial charge in [0.05, 0.1) is 6.42 Å². The maximum Gasteiger partial charge on any atom is 0.304 e. The van der Waals surface area contributed by atoms with E-state index in [0.29, 0.717) is 0 Å². The quantitative estimate of drug-likeness (QED) is 0.513. The molecule has 0 aliphatic rings. The second-order valence-electron chi connectivity index (χ2n) is 2.27. The van der Waals surface area contributed by atoms with Gasteiger partial charge >= 0.3 is 11.9 Å². The van der Waals surface area contributed by atoms with Gasteiger partial charge in [-0.1, -0.05) is 0 Å². The van der Waals surface area contributed by atoms with Crippen molar-refractivity contribution >= 4 is 11.9 Å². The van der Waals surface area contributed by atoms with Crippen LogP contribution in [0.25, 0.3) is 1.43 Å². The molecule has 0 aliphatic carbocycles. The lowest BCUT2D eigenvalue weighted by Crippen LogP contribution is -2.24. The summed E-state index contributed by atoms with van der Waals surface area (Å²) in [5.41, 5.74) is 5.33. The van der Waals surface area contributed by atoms with Crippen molar-refractivity contribution < 1.29 is 19.8 Å². The fourth-order valence-electron chi connectivity index (χ4n) is 0.630. The topological polar surface area (TPSA) is 101 Å². The summed E-state index contributed by atoms with van der Waals surface area (Å²) >= 11 is 0. The Morgan fingerprint density at radius 2 is 2.18 bits per heavy atom. The highest BCUT2D eigenvalue weighted by Crippen LogP contribution is 1.98. The average molecular weight is 162 g/mol. The van der Waals surface area contributed by atoms with Crippen LogP contribution in [-0.4, -0.2) is 28.2 Å². The molecule has 11 heavy (non-hydrogen) atoms. The van der Waals surface area contributed by atoms with Crippen LogP contribution in [0.1, 0.15) is 19.3 Å². The molecule has 0 aromatic rings. The second-order valence-corrected chi connectivity index (χ2v) is 2.27. The third-order valence-corrected chi connectivity index (χ3v) is 1.16. The van der Waals surface area contributed by atoms with E-state index in [1.807, 2.05) is 0 Å². The molecule has 0 spiro atoms. The van der Waals surface area contributed by atoms with Gasteiger partial charge in [-0.05, 0) is 6.42 Å². The molecule has 0 aliphatic heterocycles. The van der Waals surface area contributed by atoms with E-state index in [1.54, 1.807) is 0 Å². The summed E-state index contributed by atoms with van der Waals surface area (Å²) in [4.78, 5) is 20.5. The van der Waals surface area contributed by atoms with Crippen molar-refractivity contribution in [3.63, 3.8) is 0 Å². The lowest BCUT2D eigenvalue weighted by Gasteiger charge is -2.04. The molecule has 0 radical (unpaired) electrons. The van der Waals surface area contributed by atoms with Crippen LogP contribution < -0.4 is 5.73 Å². The highest BCUT2D eigenvalue weighted by Gasteiger charge is 2.09. The molecule has 0 bridgehead atoms. The van der Waals surface area contributed by atoms with E-state index >= 15 is 0 Å². The van der Waals surface area contributed by atoms with Crippen molar-refractivity contribution in [2.24, 2.45) is 5.73 Å². The second kappa shape index (κ2) is 4.68. The van der Waals surface area contributed by atoms with Crippen LogP contribution >= 0.6 is 0 Å². The molecule has 4 N–H and O–H groups in total. The van der Waals surface area contributed by atoms with Gasteiger partial charge in [-0.3, -0.25) is 9.59 Å². The molecule has 0 saturated carbocycles. The zero-order valence-corrected chi connectivity index (χ0v) is 5.95. The Balaban J connectivity index is 3.50. The van der Waals surface area contributed by atoms with E-state index in [-0.39, 0.29) is 19.3 Å². The summed E-state index contributed by atoms with van der Waals surface area (Å²) in [6.07, 6.45) is 0.0350. The van der Waals surface area contributed by atoms with Crippen molar-refractivity contribution in [3.05, 3.63) is 0 Å². The van der Waals surface area contributed by atoms with Gasteiger partial charge < -0.3 is 15.9 Å². The smallest absolute Gasteiger partial charge is 0.304 e. The Hall–Kier alpha value is -1.10. The summed E-state index contributed by atoms with van der Waals surface area (Å²) in [5, 5.41) is 11.9. The summed E-state index contributed by atoms with van der Waals surface area (Å²) in [6.45, 7) is 0. The van der Waals surface area contributed by atoms with Crippen molar-refractivity contribution in [1.29, 1.82) is 1.43 Å². The number of carbonyl (C=O) groups is 2.